The van der Waals surface area contributed by atoms with Crippen LogP contribution in [0.4, 0.5) is 5.69 Å². The molecule has 0 aliphatic carbocycles. The fourth-order valence-electron chi connectivity index (χ4n) is 4.10. The van der Waals surface area contributed by atoms with Gasteiger partial charge in [-0.15, -0.1) is 11.8 Å². The summed E-state index contributed by atoms with van der Waals surface area (Å²) in [6, 6.07) is 16.4. The number of carboxylic acids is 4. The van der Waals surface area contributed by atoms with Crippen LogP contribution in [-0.2, 0) is 28.7 Å². The molecule has 0 bridgehead atoms. The first kappa shape index (κ1) is 37.9. The molecular weight excluding hydrogens is 594 g/mol. The molecule has 3 rings (SSSR count). The van der Waals surface area contributed by atoms with Crippen molar-refractivity contribution in [3.05, 3.63) is 54.1 Å². The second kappa shape index (κ2) is 18.5. The van der Waals surface area contributed by atoms with Crippen LogP contribution in [0.2, 0.25) is 0 Å². The summed E-state index contributed by atoms with van der Waals surface area (Å²) >= 11 is 1.70. The Balaban J connectivity index is 0.000000681. The third-order valence-electron chi connectivity index (χ3n) is 6.25. The smallest absolute Gasteiger partial charge is 0.414 e. The number of para-hydroxylation sites is 1. The van der Waals surface area contributed by atoms with E-state index in [9.17, 15) is 4.79 Å². The van der Waals surface area contributed by atoms with E-state index in [2.05, 4.69) is 56.2 Å². The predicted octanol–water partition coefficient (Wildman–Crippen LogP) is 3.02. The second-order valence-corrected chi connectivity index (χ2v) is 11.6. The number of likely N-dealkylation sites (N-methyl/N-ethyl adjacent to an activating group) is 1. The molecule has 1 aliphatic heterocycles. The largest absolute Gasteiger partial charge is 0.494 e. The highest BCUT2D eigenvalue weighted by atomic mass is 32.2. The number of carbonyl (C=O) groups excluding carboxylic acids is 1. The van der Waals surface area contributed by atoms with Crippen molar-refractivity contribution in [3.8, 4) is 5.75 Å². The van der Waals surface area contributed by atoms with Gasteiger partial charge in [0.25, 0.3) is 0 Å². The van der Waals surface area contributed by atoms with Crippen LogP contribution in [0.5, 0.6) is 5.75 Å². The Bertz CT molecular complexity index is 1220. The lowest BCUT2D eigenvalue weighted by molar-refractivity contribution is -0.159. The van der Waals surface area contributed by atoms with Crippen molar-refractivity contribution in [2.75, 3.05) is 59.8 Å². The number of rotatable bonds is 11. The molecule has 0 fully saturated rings. The zero-order valence-electron chi connectivity index (χ0n) is 25.6. The zero-order valence-corrected chi connectivity index (χ0v) is 26.4. The number of thioether (sulfide) groups is 1. The van der Waals surface area contributed by atoms with Crippen LogP contribution < -0.4 is 9.64 Å². The third-order valence-corrected chi connectivity index (χ3v) is 7.78. The standard InChI is InChI=1S/C26H37N3O2S.2C2H2O4/c1-27(2)18-8-9-20-31-22-15-13-21(14-16-22)26(17-10-19-28(3)4)25(30)29(5)23-11-6-7-12-24(23)32-26;2*3-1(4)2(5)6/h6-7,11-16H,8-10,17-20H2,1-5H3;2*(H,3,4)(H,5,6). The summed E-state index contributed by atoms with van der Waals surface area (Å²) in [5.74, 6) is -6.28. The Morgan fingerprint density at radius 1 is 0.773 bits per heavy atom. The van der Waals surface area contributed by atoms with Gasteiger partial charge >= 0.3 is 23.9 Å². The van der Waals surface area contributed by atoms with Crippen molar-refractivity contribution < 1.29 is 49.1 Å². The van der Waals surface area contributed by atoms with E-state index < -0.39 is 28.6 Å². The summed E-state index contributed by atoms with van der Waals surface area (Å²) in [5.41, 5.74) is 2.04. The van der Waals surface area contributed by atoms with Gasteiger partial charge in [0.05, 0.1) is 12.3 Å². The van der Waals surface area contributed by atoms with E-state index in [1.165, 1.54) is 0 Å². The second-order valence-electron chi connectivity index (χ2n) is 10.3. The number of hydrogen-bond donors (Lipinski definition) is 4. The lowest BCUT2D eigenvalue weighted by atomic mass is 9.90. The fourth-order valence-corrected chi connectivity index (χ4v) is 5.66. The van der Waals surface area contributed by atoms with E-state index in [1.807, 2.05) is 42.3 Å². The van der Waals surface area contributed by atoms with Crippen molar-refractivity contribution in [1.82, 2.24) is 9.80 Å². The maximum atomic E-state index is 13.7. The summed E-state index contributed by atoms with van der Waals surface area (Å²) in [4.78, 5) is 57.5. The van der Waals surface area contributed by atoms with Crippen LogP contribution in [0, 0.1) is 0 Å². The number of aliphatic carboxylic acids is 4. The molecule has 1 atom stereocenters. The molecule has 1 amide bonds. The summed E-state index contributed by atoms with van der Waals surface area (Å²) in [6.45, 7) is 2.74. The van der Waals surface area contributed by atoms with Crippen molar-refractivity contribution in [3.63, 3.8) is 0 Å². The summed E-state index contributed by atoms with van der Waals surface area (Å²) in [7, 11) is 10.2. The van der Waals surface area contributed by atoms with Gasteiger partial charge in [0, 0.05) is 11.9 Å². The molecule has 14 heteroatoms. The first-order valence-corrected chi connectivity index (χ1v) is 14.5. The van der Waals surface area contributed by atoms with E-state index in [1.54, 1.807) is 11.8 Å². The molecule has 2 aromatic carbocycles. The molecule has 1 unspecified atom stereocenters. The molecule has 0 radical (unpaired) electrons. The number of carbonyl (C=O) groups is 5. The number of hydrogen-bond acceptors (Lipinski definition) is 9. The molecular formula is C30H41N3O10S. The molecule has 242 valence electrons. The Morgan fingerprint density at radius 3 is 1.77 bits per heavy atom. The topological polar surface area (TPSA) is 185 Å². The zero-order chi connectivity index (χ0) is 33.4. The Morgan fingerprint density at radius 2 is 1.27 bits per heavy atom. The minimum atomic E-state index is -1.82. The average Bonchev–Trinajstić information content (AvgIpc) is 2.96. The minimum Gasteiger partial charge on any atom is -0.494 e. The van der Waals surface area contributed by atoms with Crippen molar-refractivity contribution in [2.24, 2.45) is 0 Å². The SMILES string of the molecule is CN(C)CCCCOc1ccc(C2(CCCN(C)C)Sc3ccccc3N(C)C2=O)cc1.O=C(O)C(=O)O.O=C(O)C(=O)O. The van der Waals surface area contributed by atoms with Gasteiger partial charge in [0.15, 0.2) is 0 Å². The molecule has 44 heavy (non-hydrogen) atoms. The normalized spacial score (nSPS) is 15.3. The van der Waals surface area contributed by atoms with E-state index in [4.69, 9.17) is 44.3 Å². The van der Waals surface area contributed by atoms with Gasteiger partial charge in [-0.2, -0.15) is 0 Å². The highest BCUT2D eigenvalue weighted by Gasteiger charge is 2.47. The molecule has 2 aromatic rings. The van der Waals surface area contributed by atoms with E-state index in [-0.39, 0.29) is 5.91 Å². The molecule has 0 saturated carbocycles. The maximum absolute atomic E-state index is 13.7. The minimum absolute atomic E-state index is 0.150. The third kappa shape index (κ3) is 12.2. The van der Waals surface area contributed by atoms with Crippen LogP contribution in [-0.4, -0.2) is 115 Å². The first-order chi connectivity index (χ1) is 20.6. The predicted molar refractivity (Wildman–Crippen MR) is 165 cm³/mol. The molecule has 0 saturated heterocycles. The number of ether oxygens (including phenoxy) is 1. The van der Waals surface area contributed by atoms with E-state index in [0.29, 0.717) is 6.61 Å². The molecule has 1 aliphatic rings. The lowest BCUT2D eigenvalue weighted by Gasteiger charge is -2.41. The van der Waals surface area contributed by atoms with Gasteiger partial charge in [0.1, 0.15) is 10.5 Å². The van der Waals surface area contributed by atoms with Gasteiger partial charge in [-0.1, -0.05) is 24.3 Å². The van der Waals surface area contributed by atoms with Crippen LogP contribution in [0.15, 0.2) is 53.4 Å². The summed E-state index contributed by atoms with van der Waals surface area (Å²) in [6.07, 6.45) is 3.89. The highest BCUT2D eigenvalue weighted by Crippen LogP contribution is 2.53. The Labute approximate surface area is 261 Å². The highest BCUT2D eigenvalue weighted by molar-refractivity contribution is 8.01. The number of anilines is 1. The van der Waals surface area contributed by atoms with E-state index >= 15 is 0 Å². The van der Waals surface area contributed by atoms with Gasteiger partial charge in [0.2, 0.25) is 5.91 Å². The van der Waals surface area contributed by atoms with Crippen LogP contribution in [0.3, 0.4) is 0 Å². The number of fused-ring (bicyclic) bond motifs is 1. The summed E-state index contributed by atoms with van der Waals surface area (Å²) < 4.78 is 5.33. The maximum Gasteiger partial charge on any atom is 0.414 e. The average molecular weight is 636 g/mol. The molecule has 1 heterocycles. The monoisotopic (exact) mass is 635 g/mol. The molecule has 0 spiro atoms. The van der Waals surface area contributed by atoms with Crippen LogP contribution >= 0.6 is 11.8 Å². The van der Waals surface area contributed by atoms with Crippen LogP contribution in [0.1, 0.15) is 31.2 Å². The number of unbranched alkanes of at least 4 members (excludes halogenated alkanes) is 1. The van der Waals surface area contributed by atoms with Gasteiger partial charge in [-0.05, 0) is 96.8 Å². The van der Waals surface area contributed by atoms with Gasteiger partial charge in [-0.3, -0.25) is 4.79 Å². The Hall–Kier alpha value is -4.14. The molecule has 0 aromatic heterocycles. The Kier molecular flexibility index (Phi) is 15.9. The number of benzene rings is 2. The molecule has 4 N–H and O–H groups in total. The quantitative estimate of drug-likeness (QED) is 0.209. The number of nitrogens with zero attached hydrogens (tertiary/aromatic N) is 3. The number of carboxylic acid groups (broad SMARTS) is 4. The van der Waals surface area contributed by atoms with Crippen molar-refractivity contribution >= 4 is 47.2 Å². The van der Waals surface area contributed by atoms with Crippen LogP contribution in [0.25, 0.3) is 0 Å². The van der Waals surface area contributed by atoms with Gasteiger partial charge < -0.3 is 39.9 Å². The number of amides is 1. The summed E-state index contributed by atoms with van der Waals surface area (Å²) in [5, 5.41) is 29.6. The lowest BCUT2D eigenvalue weighted by Crippen LogP contribution is -2.46. The fraction of sp³-hybridized carbons (Fsp3) is 0.433. The van der Waals surface area contributed by atoms with E-state index in [0.717, 1.165) is 60.7 Å². The first-order valence-electron chi connectivity index (χ1n) is 13.6. The molecule has 13 nitrogen and oxygen atoms in total. The van der Waals surface area contributed by atoms with Crippen molar-refractivity contribution in [2.45, 2.75) is 35.3 Å². The van der Waals surface area contributed by atoms with Crippen molar-refractivity contribution in [1.29, 1.82) is 0 Å². The van der Waals surface area contributed by atoms with Gasteiger partial charge in [-0.25, -0.2) is 19.2 Å².